The fraction of sp³-hybridized carbons (Fsp3) is 0.526. The van der Waals surface area contributed by atoms with Crippen LogP contribution in [0.4, 0.5) is 4.79 Å². The van der Waals surface area contributed by atoms with Crippen LogP contribution in [0, 0.1) is 11.8 Å². The largest absolute Gasteiger partial charge is 0.508 e. The minimum Gasteiger partial charge on any atom is -0.508 e. The number of nitrogens with one attached hydrogen (secondary N) is 1. The zero-order chi connectivity index (χ0) is 20.6. The third-order valence-corrected chi connectivity index (χ3v) is 3.75. The van der Waals surface area contributed by atoms with Crippen LogP contribution in [0.25, 0.3) is 0 Å². The molecule has 8 heteroatoms. The summed E-state index contributed by atoms with van der Waals surface area (Å²) < 4.78 is 10.3. The number of phenols is 1. The molecule has 1 unspecified atom stereocenters. The molecule has 1 aromatic rings. The molecule has 0 aliphatic rings. The summed E-state index contributed by atoms with van der Waals surface area (Å²) in [4.78, 5) is 34.9. The molecule has 8 nitrogen and oxygen atoms in total. The van der Waals surface area contributed by atoms with Crippen LogP contribution in [-0.2, 0) is 19.1 Å². The lowest BCUT2D eigenvalue weighted by Gasteiger charge is -2.23. The average molecular weight is 381 g/mol. The number of amides is 1. The highest BCUT2D eigenvalue weighted by Crippen LogP contribution is 2.22. The van der Waals surface area contributed by atoms with Gasteiger partial charge in [0.25, 0.3) is 6.29 Å². The number of phenolic OH excluding ortho intramolecular Hbond substituents is 1. The number of carbonyl (C=O) groups excluding carboxylic acids is 2. The molecule has 0 radical (unpaired) electrons. The molecular formula is C19H27NO7. The third-order valence-electron chi connectivity index (χ3n) is 3.75. The van der Waals surface area contributed by atoms with Crippen molar-refractivity contribution in [2.24, 2.45) is 11.8 Å². The number of carboxylic acids is 1. The van der Waals surface area contributed by atoms with Gasteiger partial charge in [-0.1, -0.05) is 39.8 Å². The van der Waals surface area contributed by atoms with Crippen molar-refractivity contribution in [3.63, 3.8) is 0 Å². The molecular weight excluding hydrogens is 354 g/mol. The first-order valence-electron chi connectivity index (χ1n) is 8.75. The lowest BCUT2D eigenvalue weighted by Crippen LogP contribution is -2.37. The highest BCUT2D eigenvalue weighted by atomic mass is 16.7. The van der Waals surface area contributed by atoms with Crippen LogP contribution in [-0.4, -0.2) is 41.1 Å². The molecule has 1 amide bonds. The van der Waals surface area contributed by atoms with Gasteiger partial charge in [0.15, 0.2) is 0 Å². The first-order chi connectivity index (χ1) is 12.6. The van der Waals surface area contributed by atoms with Crippen molar-refractivity contribution in [3.05, 3.63) is 29.8 Å². The number of alkyl carbamates (subject to hydrolysis) is 1. The molecule has 1 rings (SSSR count). The van der Waals surface area contributed by atoms with Crippen molar-refractivity contribution in [2.45, 2.75) is 46.3 Å². The van der Waals surface area contributed by atoms with Crippen molar-refractivity contribution < 1.29 is 34.1 Å². The Kier molecular flexibility index (Phi) is 8.58. The van der Waals surface area contributed by atoms with Crippen molar-refractivity contribution >= 4 is 18.0 Å². The van der Waals surface area contributed by atoms with Gasteiger partial charge in [0.2, 0.25) is 0 Å². The highest BCUT2D eigenvalue weighted by Gasteiger charge is 2.25. The second-order valence-electron chi connectivity index (χ2n) is 6.88. The van der Waals surface area contributed by atoms with Gasteiger partial charge in [-0.05, 0) is 17.7 Å². The summed E-state index contributed by atoms with van der Waals surface area (Å²) in [5, 5.41) is 20.9. The number of rotatable bonds is 9. The van der Waals surface area contributed by atoms with Crippen LogP contribution in [0.15, 0.2) is 24.3 Å². The second kappa shape index (κ2) is 10.4. The van der Waals surface area contributed by atoms with Gasteiger partial charge in [-0.25, -0.2) is 4.79 Å². The predicted molar refractivity (Wildman–Crippen MR) is 97.1 cm³/mol. The number of benzene rings is 1. The maximum absolute atomic E-state index is 12.1. The second-order valence-corrected chi connectivity index (χ2v) is 6.88. The number of esters is 1. The molecule has 0 aliphatic heterocycles. The molecule has 0 aromatic heterocycles. The summed E-state index contributed by atoms with van der Waals surface area (Å²) in [6, 6.07) is 6.08. The summed E-state index contributed by atoms with van der Waals surface area (Å²) in [5.41, 5.74) is 0.655. The van der Waals surface area contributed by atoms with E-state index < -0.39 is 30.2 Å². The number of carboxylic acid groups (broad SMARTS) is 1. The number of hydrogen-bond acceptors (Lipinski definition) is 6. The summed E-state index contributed by atoms with van der Waals surface area (Å²) in [6.45, 7) is 6.85. The van der Waals surface area contributed by atoms with E-state index in [1.807, 2.05) is 0 Å². The SMILES string of the molecule is CC(C)C(=O)OC(OC(=O)NC[C@H](CC(=O)O)c1ccc(O)cc1)C(C)C. The predicted octanol–water partition coefficient (Wildman–Crippen LogP) is 2.86. The molecule has 0 fully saturated rings. The van der Waals surface area contributed by atoms with Crippen molar-refractivity contribution in [1.29, 1.82) is 0 Å². The quantitative estimate of drug-likeness (QED) is 0.444. The standard InChI is InChI=1S/C19H27NO7/c1-11(2)17(24)26-18(12(3)4)27-19(25)20-10-14(9-16(22)23)13-5-7-15(21)8-6-13/h5-8,11-12,14,18,21H,9-10H2,1-4H3,(H,20,25)(H,22,23)/t14-,18?/m0/s1. The smallest absolute Gasteiger partial charge is 0.410 e. The number of carbonyl (C=O) groups is 3. The van der Waals surface area contributed by atoms with Crippen molar-refractivity contribution in [2.75, 3.05) is 6.54 Å². The number of ether oxygens (including phenoxy) is 2. The molecule has 1 aromatic carbocycles. The first kappa shape index (κ1) is 22.3. The van der Waals surface area contributed by atoms with Gasteiger partial charge in [-0.15, -0.1) is 0 Å². The van der Waals surface area contributed by atoms with Gasteiger partial charge >= 0.3 is 18.0 Å². The topological polar surface area (TPSA) is 122 Å². The summed E-state index contributed by atoms with van der Waals surface area (Å²) in [7, 11) is 0. The molecule has 3 N–H and O–H groups in total. The fourth-order valence-corrected chi connectivity index (χ4v) is 2.17. The van der Waals surface area contributed by atoms with E-state index in [0.717, 1.165) is 0 Å². The van der Waals surface area contributed by atoms with E-state index in [9.17, 15) is 19.5 Å². The number of aromatic hydroxyl groups is 1. The molecule has 2 atom stereocenters. The third kappa shape index (κ3) is 7.98. The van der Waals surface area contributed by atoms with E-state index in [0.29, 0.717) is 5.56 Å². The summed E-state index contributed by atoms with van der Waals surface area (Å²) in [5.74, 6) is -2.54. The Morgan fingerprint density at radius 1 is 1.04 bits per heavy atom. The van der Waals surface area contributed by atoms with Crippen LogP contribution < -0.4 is 5.32 Å². The maximum Gasteiger partial charge on any atom is 0.410 e. The highest BCUT2D eigenvalue weighted by molar-refractivity contribution is 5.72. The zero-order valence-corrected chi connectivity index (χ0v) is 16.0. The molecule has 150 valence electrons. The van der Waals surface area contributed by atoms with E-state index in [2.05, 4.69) is 5.32 Å². The maximum atomic E-state index is 12.1. The monoisotopic (exact) mass is 381 g/mol. The zero-order valence-electron chi connectivity index (χ0n) is 16.0. The number of aliphatic carboxylic acids is 1. The Morgan fingerprint density at radius 3 is 2.11 bits per heavy atom. The molecule has 0 bridgehead atoms. The Labute approximate surface area is 158 Å². The molecule has 0 spiro atoms. The number of hydrogen-bond donors (Lipinski definition) is 3. The van der Waals surface area contributed by atoms with Crippen LogP contribution in [0.3, 0.4) is 0 Å². The van der Waals surface area contributed by atoms with E-state index in [1.165, 1.54) is 12.1 Å². The summed E-state index contributed by atoms with van der Waals surface area (Å²) in [6.07, 6.45) is -2.05. The average Bonchev–Trinajstić information content (AvgIpc) is 2.58. The van der Waals surface area contributed by atoms with Crippen LogP contribution in [0.1, 0.15) is 45.6 Å². The van der Waals surface area contributed by atoms with Gasteiger partial charge in [-0.2, -0.15) is 0 Å². The Morgan fingerprint density at radius 2 is 1.63 bits per heavy atom. The van der Waals surface area contributed by atoms with Crippen molar-refractivity contribution in [3.8, 4) is 5.75 Å². The van der Waals surface area contributed by atoms with E-state index in [-0.39, 0.29) is 30.6 Å². The van der Waals surface area contributed by atoms with Crippen LogP contribution in [0.5, 0.6) is 5.75 Å². The lowest BCUT2D eigenvalue weighted by atomic mass is 9.95. The lowest BCUT2D eigenvalue weighted by molar-refractivity contribution is -0.178. The van der Waals surface area contributed by atoms with Crippen molar-refractivity contribution in [1.82, 2.24) is 5.32 Å². The molecule has 0 heterocycles. The van der Waals surface area contributed by atoms with Gasteiger partial charge in [0.05, 0.1) is 12.3 Å². The molecule has 0 saturated heterocycles. The minimum atomic E-state index is -1.04. The van der Waals surface area contributed by atoms with E-state index in [4.69, 9.17) is 14.6 Å². The Balaban J connectivity index is 2.70. The van der Waals surface area contributed by atoms with Gasteiger partial charge < -0.3 is 25.0 Å². The summed E-state index contributed by atoms with van der Waals surface area (Å²) >= 11 is 0. The van der Waals surface area contributed by atoms with E-state index in [1.54, 1.807) is 39.8 Å². The van der Waals surface area contributed by atoms with Gasteiger partial charge in [0, 0.05) is 18.4 Å². The molecule has 27 heavy (non-hydrogen) atoms. The van der Waals surface area contributed by atoms with Gasteiger partial charge in [0.1, 0.15) is 5.75 Å². The Bertz CT molecular complexity index is 640. The minimum absolute atomic E-state index is 0.0127. The first-order valence-corrected chi connectivity index (χ1v) is 8.75. The molecule has 0 saturated carbocycles. The van der Waals surface area contributed by atoms with Crippen LogP contribution in [0.2, 0.25) is 0 Å². The Hall–Kier alpha value is -2.77. The normalized spacial score (nSPS) is 13.1. The van der Waals surface area contributed by atoms with E-state index >= 15 is 0 Å². The fourth-order valence-electron chi connectivity index (χ4n) is 2.17. The van der Waals surface area contributed by atoms with Crippen LogP contribution >= 0.6 is 0 Å². The van der Waals surface area contributed by atoms with Gasteiger partial charge in [-0.3, -0.25) is 9.59 Å². The molecule has 0 aliphatic carbocycles.